The van der Waals surface area contributed by atoms with Gasteiger partial charge in [0.2, 0.25) is 5.89 Å². The Bertz CT molecular complexity index is 1530. The van der Waals surface area contributed by atoms with Crippen LogP contribution in [0.15, 0.2) is 58.0 Å². The van der Waals surface area contributed by atoms with Gasteiger partial charge >= 0.3 is 0 Å². The van der Waals surface area contributed by atoms with Crippen LogP contribution in [0.2, 0.25) is 5.02 Å². The fourth-order valence-corrected chi connectivity index (χ4v) is 4.69. The number of rotatable bonds is 9. The Hall–Kier alpha value is -4.06. The lowest BCUT2D eigenvalue weighted by Gasteiger charge is -2.14. The molecule has 0 fully saturated rings. The number of nitrogen functional groups attached to an aromatic ring is 1. The minimum absolute atomic E-state index is 0.00845. The average molecular weight is 548 g/mol. The highest BCUT2D eigenvalue weighted by molar-refractivity contribution is 7.98. The van der Waals surface area contributed by atoms with Crippen LogP contribution in [0, 0.1) is 29.6 Å². The summed E-state index contributed by atoms with van der Waals surface area (Å²) in [7, 11) is 0. The average Bonchev–Trinajstić information content (AvgIpc) is 3.30. The van der Waals surface area contributed by atoms with Crippen molar-refractivity contribution in [3.8, 4) is 40.5 Å². The first-order chi connectivity index (χ1) is 18.3. The van der Waals surface area contributed by atoms with Crippen molar-refractivity contribution >= 4 is 29.2 Å². The molecule has 1 atom stereocenters. The van der Waals surface area contributed by atoms with E-state index < -0.39 is 12.7 Å². The van der Waals surface area contributed by atoms with E-state index in [2.05, 4.69) is 22.1 Å². The van der Waals surface area contributed by atoms with Crippen molar-refractivity contribution < 1.29 is 19.4 Å². The Kier molecular flexibility index (Phi) is 8.52. The largest absolute Gasteiger partial charge is 0.491 e. The van der Waals surface area contributed by atoms with Gasteiger partial charge in [-0.15, -0.1) is 0 Å². The molecule has 0 saturated carbocycles. The molecule has 0 radical (unpaired) electrons. The SMILES string of the molecule is Cc1oc(-c2ccc(Cl)cc2)nc1CSc1nc(N)c(C#N)c(-c2ccc(OCC(O)CO)cc2)c1C#N. The van der Waals surface area contributed by atoms with Gasteiger partial charge in [-0.2, -0.15) is 10.5 Å². The van der Waals surface area contributed by atoms with Gasteiger partial charge < -0.3 is 25.1 Å². The number of thioether (sulfide) groups is 1. The van der Waals surface area contributed by atoms with Gasteiger partial charge in [0.15, 0.2) is 0 Å². The summed E-state index contributed by atoms with van der Waals surface area (Å²) in [5, 5.41) is 39.2. The number of hydrogen-bond acceptors (Lipinski definition) is 10. The molecule has 2 heterocycles. The Morgan fingerprint density at radius 3 is 2.34 bits per heavy atom. The van der Waals surface area contributed by atoms with Gasteiger partial charge in [-0.05, 0) is 48.9 Å². The number of benzene rings is 2. The van der Waals surface area contributed by atoms with Gasteiger partial charge in [0, 0.05) is 21.9 Å². The third-order valence-electron chi connectivity index (χ3n) is 5.54. The van der Waals surface area contributed by atoms with Crippen molar-refractivity contribution in [2.75, 3.05) is 18.9 Å². The van der Waals surface area contributed by atoms with Crippen LogP contribution in [-0.2, 0) is 5.75 Å². The normalized spacial score (nSPS) is 11.5. The molecule has 4 rings (SSSR count). The number of aromatic nitrogens is 2. The maximum absolute atomic E-state index is 10.1. The van der Waals surface area contributed by atoms with E-state index in [1.54, 1.807) is 36.4 Å². The van der Waals surface area contributed by atoms with Crippen LogP contribution in [0.25, 0.3) is 22.6 Å². The molecular formula is C27H22ClN5O4S. The second-order valence-corrected chi connectivity index (χ2v) is 9.54. The lowest BCUT2D eigenvalue weighted by atomic mass is 9.97. The number of halogens is 1. The van der Waals surface area contributed by atoms with Crippen molar-refractivity contribution in [1.29, 1.82) is 10.5 Å². The maximum atomic E-state index is 10.1. The Morgan fingerprint density at radius 1 is 1.05 bits per heavy atom. The quantitative estimate of drug-likeness (QED) is 0.250. The molecule has 1 unspecified atom stereocenters. The van der Waals surface area contributed by atoms with Crippen molar-refractivity contribution in [3.05, 3.63) is 76.1 Å². The summed E-state index contributed by atoms with van der Waals surface area (Å²) < 4.78 is 11.3. The molecule has 4 aromatic rings. The van der Waals surface area contributed by atoms with Crippen molar-refractivity contribution in [3.63, 3.8) is 0 Å². The second kappa shape index (κ2) is 12.0. The van der Waals surface area contributed by atoms with Gasteiger partial charge in [0.25, 0.3) is 0 Å². The van der Waals surface area contributed by atoms with E-state index in [4.69, 9.17) is 31.6 Å². The molecule has 0 bridgehead atoms. The number of nitrogens with zero attached hydrogens (tertiary/aromatic N) is 4. The summed E-state index contributed by atoms with van der Waals surface area (Å²) in [4.78, 5) is 8.93. The summed E-state index contributed by atoms with van der Waals surface area (Å²) >= 11 is 7.24. The zero-order chi connectivity index (χ0) is 27.2. The van der Waals surface area contributed by atoms with Gasteiger partial charge in [-0.1, -0.05) is 35.5 Å². The molecule has 2 aromatic carbocycles. The lowest BCUT2D eigenvalue weighted by Crippen LogP contribution is -2.21. The lowest BCUT2D eigenvalue weighted by molar-refractivity contribution is 0.0536. The van der Waals surface area contributed by atoms with Gasteiger partial charge in [0.1, 0.15) is 52.8 Å². The van der Waals surface area contributed by atoms with Crippen molar-refractivity contribution in [2.24, 2.45) is 0 Å². The number of aliphatic hydroxyl groups is 2. The van der Waals surface area contributed by atoms with Crippen LogP contribution in [0.1, 0.15) is 22.6 Å². The van der Waals surface area contributed by atoms with Crippen LogP contribution in [-0.4, -0.2) is 39.5 Å². The third kappa shape index (κ3) is 5.91. The number of anilines is 1. The third-order valence-corrected chi connectivity index (χ3v) is 6.78. The van der Waals surface area contributed by atoms with Crippen LogP contribution in [0.4, 0.5) is 5.82 Å². The van der Waals surface area contributed by atoms with E-state index in [0.717, 1.165) is 5.56 Å². The molecule has 0 aliphatic heterocycles. The molecule has 9 nitrogen and oxygen atoms in total. The van der Waals surface area contributed by atoms with Gasteiger partial charge in [-0.3, -0.25) is 0 Å². The van der Waals surface area contributed by atoms with Crippen LogP contribution >= 0.6 is 23.4 Å². The van der Waals surface area contributed by atoms with E-state index in [9.17, 15) is 15.6 Å². The summed E-state index contributed by atoms with van der Waals surface area (Å²) in [6, 6.07) is 18.0. The number of nitriles is 2. The van der Waals surface area contributed by atoms with E-state index >= 15 is 0 Å². The zero-order valence-corrected chi connectivity index (χ0v) is 21.8. The fraction of sp³-hybridized carbons (Fsp3) is 0.185. The van der Waals surface area contributed by atoms with Crippen molar-refractivity contribution in [1.82, 2.24) is 9.97 Å². The summed E-state index contributed by atoms with van der Waals surface area (Å²) in [6.45, 7) is 1.32. The second-order valence-electron chi connectivity index (χ2n) is 8.14. The first-order valence-corrected chi connectivity index (χ1v) is 12.7. The van der Waals surface area contributed by atoms with E-state index in [1.807, 2.05) is 19.1 Å². The predicted octanol–water partition coefficient (Wildman–Crippen LogP) is 4.72. The van der Waals surface area contributed by atoms with Crippen molar-refractivity contribution in [2.45, 2.75) is 23.8 Å². The minimum atomic E-state index is -1.000. The number of nitrogens with two attached hydrogens (primary N) is 1. The van der Waals surface area contributed by atoms with E-state index in [-0.39, 0.29) is 23.6 Å². The predicted molar refractivity (Wildman–Crippen MR) is 143 cm³/mol. The molecule has 38 heavy (non-hydrogen) atoms. The number of hydrogen-bond donors (Lipinski definition) is 3. The zero-order valence-electron chi connectivity index (χ0n) is 20.2. The van der Waals surface area contributed by atoms with E-state index in [1.165, 1.54) is 11.8 Å². The minimum Gasteiger partial charge on any atom is -0.491 e. The topological polar surface area (TPSA) is 162 Å². The molecular weight excluding hydrogens is 526 g/mol. The number of pyridine rings is 1. The Balaban J connectivity index is 1.63. The summed E-state index contributed by atoms with van der Waals surface area (Å²) in [5.74, 6) is 1.90. The highest BCUT2D eigenvalue weighted by Gasteiger charge is 2.22. The summed E-state index contributed by atoms with van der Waals surface area (Å²) in [6.07, 6.45) is -1.000. The Morgan fingerprint density at radius 2 is 1.71 bits per heavy atom. The summed E-state index contributed by atoms with van der Waals surface area (Å²) in [5.41, 5.74) is 8.85. The molecule has 0 aliphatic rings. The molecule has 11 heteroatoms. The number of aliphatic hydroxyl groups excluding tert-OH is 2. The highest BCUT2D eigenvalue weighted by atomic mass is 35.5. The van der Waals surface area contributed by atoms with Gasteiger partial charge in [0.05, 0.1) is 17.9 Å². The standard InChI is InChI=1S/C27H22ClN5O4S/c1-15-23(32-26(37-15)17-2-6-18(28)7-3-17)14-38-27-22(11-30)24(21(10-29)25(31)33-27)16-4-8-20(9-5-16)36-13-19(35)12-34/h2-9,19,34-35H,12-14H2,1H3,(H2,31,33). The highest BCUT2D eigenvalue weighted by Crippen LogP contribution is 2.37. The Labute approximate surface area is 228 Å². The molecule has 192 valence electrons. The molecule has 0 amide bonds. The maximum Gasteiger partial charge on any atom is 0.226 e. The molecule has 0 saturated heterocycles. The van der Waals surface area contributed by atoms with Crippen LogP contribution < -0.4 is 10.5 Å². The fourth-order valence-electron chi connectivity index (χ4n) is 3.57. The van der Waals surface area contributed by atoms with Crippen LogP contribution in [0.5, 0.6) is 5.75 Å². The molecule has 2 aromatic heterocycles. The first kappa shape index (κ1) is 27.0. The monoisotopic (exact) mass is 547 g/mol. The van der Waals surface area contributed by atoms with Crippen LogP contribution in [0.3, 0.4) is 0 Å². The number of ether oxygens (including phenoxy) is 1. The van der Waals surface area contributed by atoms with E-state index in [0.29, 0.717) is 50.0 Å². The molecule has 0 aliphatic carbocycles. The van der Waals surface area contributed by atoms with Gasteiger partial charge in [-0.25, -0.2) is 9.97 Å². The number of aryl methyl sites for hydroxylation is 1. The molecule has 4 N–H and O–H groups in total. The smallest absolute Gasteiger partial charge is 0.226 e. The number of oxazole rings is 1. The molecule has 0 spiro atoms. The first-order valence-electron chi connectivity index (χ1n) is 11.4.